The summed E-state index contributed by atoms with van der Waals surface area (Å²) in [4.78, 5) is 10.3. The maximum atomic E-state index is 10.3. The number of carbonyl (C=O) groups is 1. The van der Waals surface area contributed by atoms with Crippen molar-refractivity contribution >= 4 is 15.8 Å². The van der Waals surface area contributed by atoms with E-state index in [1.807, 2.05) is 0 Å². The highest BCUT2D eigenvalue weighted by molar-refractivity contribution is 6.27. The van der Waals surface area contributed by atoms with Crippen LogP contribution in [-0.4, -0.2) is 42.5 Å². The molecule has 0 heterocycles. The summed E-state index contributed by atoms with van der Waals surface area (Å²) in [7, 11) is 2.37. The first-order valence-corrected chi connectivity index (χ1v) is 6.39. The summed E-state index contributed by atoms with van der Waals surface area (Å²) in [5.74, 6) is -0.927. The van der Waals surface area contributed by atoms with E-state index in [2.05, 4.69) is 5.32 Å². The Kier molecular flexibility index (Phi) is 7.31. The molecule has 2 amide bonds. The number of hydrogen-bond donors (Lipinski definition) is 2. The first-order chi connectivity index (χ1) is 7.04. The zero-order valence-electron chi connectivity index (χ0n) is 9.54. The maximum absolute atomic E-state index is 10.3. The van der Waals surface area contributed by atoms with Crippen molar-refractivity contribution in [3.63, 3.8) is 0 Å². The van der Waals surface area contributed by atoms with Crippen molar-refractivity contribution in [1.82, 2.24) is 5.32 Å². The Bertz CT molecular complexity index is 187. The Balaban J connectivity index is 3.41. The van der Waals surface area contributed by atoms with Crippen LogP contribution in [0.4, 0.5) is 4.79 Å². The summed E-state index contributed by atoms with van der Waals surface area (Å²) in [5, 5.41) is 2.51. The molecule has 0 aliphatic heterocycles. The van der Waals surface area contributed by atoms with Crippen molar-refractivity contribution in [2.24, 2.45) is 5.73 Å². The van der Waals surface area contributed by atoms with Crippen molar-refractivity contribution in [2.45, 2.75) is 25.4 Å². The van der Waals surface area contributed by atoms with Crippen LogP contribution in [0.15, 0.2) is 0 Å². The second kappa shape index (κ2) is 7.63. The fourth-order valence-electron chi connectivity index (χ4n) is 0.897. The Morgan fingerprint density at radius 2 is 2.07 bits per heavy atom. The van der Waals surface area contributed by atoms with Gasteiger partial charge in [-0.15, -0.1) is 0 Å². The lowest BCUT2D eigenvalue weighted by Crippen LogP contribution is -2.35. The second-order valence-corrected chi connectivity index (χ2v) is 4.52. The van der Waals surface area contributed by atoms with Gasteiger partial charge in [-0.25, -0.2) is 4.79 Å². The number of nitrogens with two attached hydrogens (primary N) is 1. The minimum Gasteiger partial charge on any atom is -0.376 e. The minimum atomic E-state index is -0.927. The zero-order chi connectivity index (χ0) is 11.7. The van der Waals surface area contributed by atoms with Crippen LogP contribution in [0.1, 0.15) is 13.3 Å². The van der Waals surface area contributed by atoms with Gasteiger partial charge in [-0.2, -0.15) is 0 Å². The molecule has 0 saturated heterocycles. The van der Waals surface area contributed by atoms with Crippen LogP contribution in [-0.2, 0) is 13.9 Å². The summed E-state index contributed by atoms with van der Waals surface area (Å²) in [6, 6.07) is 0.444. The molecule has 0 aliphatic carbocycles. The fourth-order valence-corrected chi connectivity index (χ4v) is 2.10. The van der Waals surface area contributed by atoms with E-state index in [0.717, 1.165) is 12.5 Å². The standard InChI is InChI=1S/C8H20N2O4Si/c1-8(12-2,13-3)14-15-6-4-5-10-7(9)11/h4-6,15H2,1-3H3,(H3,9,10,11). The highest BCUT2D eigenvalue weighted by Gasteiger charge is 2.22. The van der Waals surface area contributed by atoms with Crippen LogP contribution in [0.2, 0.25) is 6.04 Å². The highest BCUT2D eigenvalue weighted by atomic mass is 28.2. The molecule has 6 nitrogen and oxygen atoms in total. The molecule has 0 unspecified atom stereocenters. The predicted molar refractivity (Wildman–Crippen MR) is 59.1 cm³/mol. The molecule has 0 aromatic carbocycles. The largest absolute Gasteiger partial charge is 0.376 e. The fraction of sp³-hybridized carbons (Fsp3) is 0.875. The average Bonchev–Trinajstić information content (AvgIpc) is 2.22. The first-order valence-electron chi connectivity index (χ1n) is 4.81. The molecule has 0 rings (SSSR count). The number of urea groups is 1. The summed E-state index contributed by atoms with van der Waals surface area (Å²) in [5.41, 5.74) is 4.91. The van der Waals surface area contributed by atoms with Crippen LogP contribution in [0, 0.1) is 0 Å². The van der Waals surface area contributed by atoms with Gasteiger partial charge in [0.2, 0.25) is 0 Å². The molecule has 0 aromatic rings. The first kappa shape index (κ1) is 14.4. The Morgan fingerprint density at radius 1 is 1.47 bits per heavy atom. The molecule has 0 spiro atoms. The summed E-state index contributed by atoms with van der Waals surface area (Å²) < 4.78 is 15.6. The molecule has 0 saturated carbocycles. The summed E-state index contributed by atoms with van der Waals surface area (Å²) in [6.07, 6.45) is 0.860. The lowest BCUT2D eigenvalue weighted by Gasteiger charge is -2.26. The van der Waals surface area contributed by atoms with E-state index in [1.165, 1.54) is 14.2 Å². The van der Waals surface area contributed by atoms with Gasteiger partial charge in [0, 0.05) is 27.7 Å². The number of primary amides is 1. The van der Waals surface area contributed by atoms with E-state index in [9.17, 15) is 4.79 Å². The average molecular weight is 236 g/mol. The molecular formula is C8H20N2O4Si. The zero-order valence-corrected chi connectivity index (χ0v) is 11.0. The number of ether oxygens (including phenoxy) is 2. The number of nitrogens with one attached hydrogen (secondary N) is 1. The van der Waals surface area contributed by atoms with Crippen molar-refractivity contribution in [3.05, 3.63) is 0 Å². The molecule has 90 valence electrons. The van der Waals surface area contributed by atoms with E-state index in [4.69, 9.17) is 19.6 Å². The molecule has 15 heavy (non-hydrogen) atoms. The van der Waals surface area contributed by atoms with Crippen molar-refractivity contribution in [2.75, 3.05) is 20.8 Å². The molecule has 0 fully saturated rings. The van der Waals surface area contributed by atoms with Crippen LogP contribution in [0.25, 0.3) is 0 Å². The predicted octanol–water partition coefficient (Wildman–Crippen LogP) is -0.470. The Labute approximate surface area is 92.4 Å². The SMILES string of the molecule is COC(C)(OC)O[SiH2]CCCNC(N)=O. The van der Waals surface area contributed by atoms with E-state index >= 15 is 0 Å². The molecule has 0 aliphatic rings. The van der Waals surface area contributed by atoms with Crippen LogP contribution < -0.4 is 11.1 Å². The van der Waals surface area contributed by atoms with Gasteiger partial charge in [-0.3, -0.25) is 0 Å². The molecule has 0 atom stereocenters. The molecule has 0 aromatic heterocycles. The van der Waals surface area contributed by atoms with Gasteiger partial charge in [0.05, 0.1) is 0 Å². The lowest BCUT2D eigenvalue weighted by molar-refractivity contribution is -0.310. The van der Waals surface area contributed by atoms with E-state index in [0.29, 0.717) is 6.54 Å². The van der Waals surface area contributed by atoms with Crippen molar-refractivity contribution < 1.29 is 18.7 Å². The monoisotopic (exact) mass is 236 g/mol. The number of amides is 2. The molecular weight excluding hydrogens is 216 g/mol. The Morgan fingerprint density at radius 3 is 2.53 bits per heavy atom. The number of carbonyl (C=O) groups excluding carboxylic acids is 1. The minimum absolute atomic E-state index is 0.490. The van der Waals surface area contributed by atoms with Crippen LogP contribution >= 0.6 is 0 Å². The third kappa shape index (κ3) is 7.31. The molecule has 0 radical (unpaired) electrons. The lowest BCUT2D eigenvalue weighted by atomic mass is 10.5. The summed E-state index contributed by atoms with van der Waals surface area (Å²) in [6.45, 7) is 2.31. The molecule has 7 heteroatoms. The van der Waals surface area contributed by atoms with E-state index < -0.39 is 21.8 Å². The van der Waals surface area contributed by atoms with Crippen molar-refractivity contribution in [3.8, 4) is 0 Å². The molecule has 3 N–H and O–H groups in total. The molecule has 0 bridgehead atoms. The Hall–Kier alpha value is -0.633. The van der Waals surface area contributed by atoms with Crippen LogP contribution in [0.3, 0.4) is 0 Å². The summed E-state index contributed by atoms with van der Waals surface area (Å²) >= 11 is 0. The van der Waals surface area contributed by atoms with Crippen molar-refractivity contribution in [1.29, 1.82) is 0 Å². The number of rotatable bonds is 8. The van der Waals surface area contributed by atoms with Gasteiger partial charge in [-0.05, 0) is 12.5 Å². The van der Waals surface area contributed by atoms with Gasteiger partial charge in [0.1, 0.15) is 0 Å². The number of hydrogen-bond acceptors (Lipinski definition) is 4. The maximum Gasteiger partial charge on any atom is 0.312 e. The topological polar surface area (TPSA) is 82.8 Å². The van der Waals surface area contributed by atoms with Gasteiger partial charge in [0.15, 0.2) is 9.76 Å². The third-order valence-electron chi connectivity index (χ3n) is 1.98. The second-order valence-electron chi connectivity index (χ2n) is 3.12. The van der Waals surface area contributed by atoms with Gasteiger partial charge < -0.3 is 25.0 Å². The van der Waals surface area contributed by atoms with Crippen LogP contribution in [0.5, 0.6) is 0 Å². The van der Waals surface area contributed by atoms with E-state index in [1.54, 1.807) is 6.92 Å². The smallest absolute Gasteiger partial charge is 0.312 e. The quantitative estimate of drug-likeness (QED) is 0.339. The van der Waals surface area contributed by atoms with Gasteiger partial charge in [0.25, 0.3) is 5.97 Å². The third-order valence-corrected chi connectivity index (χ3v) is 3.49. The van der Waals surface area contributed by atoms with E-state index in [-0.39, 0.29) is 0 Å². The number of methoxy groups -OCH3 is 2. The normalized spacial score (nSPS) is 12.2. The van der Waals surface area contributed by atoms with Gasteiger partial charge >= 0.3 is 6.03 Å². The highest BCUT2D eigenvalue weighted by Crippen LogP contribution is 2.11. The van der Waals surface area contributed by atoms with Gasteiger partial charge in [-0.1, -0.05) is 0 Å².